The maximum Gasteiger partial charge on any atom is 0.249 e. The van der Waals surface area contributed by atoms with E-state index in [0.717, 1.165) is 28.3 Å². The van der Waals surface area contributed by atoms with Gasteiger partial charge in [0, 0.05) is 26.2 Å². The number of carbonyl (C=O) groups is 3. The topological polar surface area (TPSA) is 79.0 Å². The molecule has 37 heavy (non-hydrogen) atoms. The third-order valence-electron chi connectivity index (χ3n) is 8.48. The Bertz CT molecular complexity index is 1350. The number of nitrogens with zero attached hydrogens (tertiary/aromatic N) is 2. The van der Waals surface area contributed by atoms with E-state index < -0.39 is 11.6 Å². The fourth-order valence-corrected chi connectivity index (χ4v) is 7.07. The van der Waals surface area contributed by atoms with E-state index in [1.165, 1.54) is 7.11 Å². The predicted molar refractivity (Wildman–Crippen MR) is 139 cm³/mol. The highest BCUT2D eigenvalue weighted by atomic mass is 16.5. The SMILES string of the molecule is COCC(=O)N1[C@H]2CC[C@]13[C@H](C2)C(=O)N(Cc1ccccc1)[C@H]3C(=O)NCc1cccc2ccccc12. The normalized spacial score (nSPS) is 26.1. The maximum atomic E-state index is 14.1. The summed E-state index contributed by atoms with van der Waals surface area (Å²) in [5.41, 5.74) is 1.14. The van der Waals surface area contributed by atoms with E-state index in [4.69, 9.17) is 4.74 Å². The first-order valence-corrected chi connectivity index (χ1v) is 12.9. The molecule has 190 valence electrons. The molecule has 0 saturated carbocycles. The fraction of sp³-hybridized carbons (Fsp3) is 0.367. The van der Waals surface area contributed by atoms with Crippen LogP contribution in [0.5, 0.6) is 0 Å². The van der Waals surface area contributed by atoms with Crippen molar-refractivity contribution in [2.45, 2.75) is 50.0 Å². The first-order valence-electron chi connectivity index (χ1n) is 12.9. The maximum absolute atomic E-state index is 14.1. The zero-order valence-corrected chi connectivity index (χ0v) is 20.9. The number of hydrogen-bond acceptors (Lipinski definition) is 4. The lowest BCUT2D eigenvalue weighted by Gasteiger charge is -2.40. The van der Waals surface area contributed by atoms with Gasteiger partial charge in [0.25, 0.3) is 0 Å². The van der Waals surface area contributed by atoms with Gasteiger partial charge in [0.2, 0.25) is 17.7 Å². The average molecular weight is 498 g/mol. The summed E-state index contributed by atoms with van der Waals surface area (Å²) in [6.07, 6.45) is 2.04. The van der Waals surface area contributed by atoms with E-state index in [0.29, 0.717) is 25.9 Å². The quantitative estimate of drug-likeness (QED) is 0.544. The van der Waals surface area contributed by atoms with Gasteiger partial charge in [-0.1, -0.05) is 72.8 Å². The lowest BCUT2D eigenvalue weighted by atomic mass is 9.75. The molecule has 7 nitrogen and oxygen atoms in total. The van der Waals surface area contributed by atoms with Gasteiger partial charge in [0.15, 0.2) is 0 Å². The smallest absolute Gasteiger partial charge is 0.249 e. The van der Waals surface area contributed by atoms with E-state index in [2.05, 4.69) is 23.5 Å². The van der Waals surface area contributed by atoms with Gasteiger partial charge in [-0.05, 0) is 41.2 Å². The molecule has 3 saturated heterocycles. The highest BCUT2D eigenvalue weighted by molar-refractivity contribution is 5.98. The van der Waals surface area contributed by atoms with Crippen molar-refractivity contribution in [3.8, 4) is 0 Å². The second kappa shape index (κ2) is 9.30. The number of fused-ring (bicyclic) bond motifs is 2. The monoisotopic (exact) mass is 497 g/mol. The molecule has 3 aromatic carbocycles. The zero-order valence-electron chi connectivity index (χ0n) is 20.9. The number of amides is 3. The number of nitrogens with one attached hydrogen (secondary N) is 1. The van der Waals surface area contributed by atoms with Gasteiger partial charge in [-0.3, -0.25) is 14.4 Å². The van der Waals surface area contributed by atoms with Gasteiger partial charge in [-0.25, -0.2) is 0 Å². The largest absolute Gasteiger partial charge is 0.375 e. The molecule has 0 aliphatic carbocycles. The Kier molecular flexibility index (Phi) is 5.95. The number of ether oxygens (including phenoxy) is 1. The molecule has 0 radical (unpaired) electrons. The minimum Gasteiger partial charge on any atom is -0.375 e. The van der Waals surface area contributed by atoms with Crippen molar-refractivity contribution in [2.24, 2.45) is 5.92 Å². The summed E-state index contributed by atoms with van der Waals surface area (Å²) in [6, 6.07) is 23.1. The number of benzene rings is 3. The summed E-state index contributed by atoms with van der Waals surface area (Å²) < 4.78 is 5.19. The molecule has 3 aliphatic heterocycles. The minimum atomic E-state index is -0.838. The van der Waals surface area contributed by atoms with Crippen LogP contribution in [0.25, 0.3) is 10.8 Å². The summed E-state index contributed by atoms with van der Waals surface area (Å²) >= 11 is 0. The molecule has 7 heteroatoms. The molecule has 2 bridgehead atoms. The van der Waals surface area contributed by atoms with Crippen LogP contribution in [-0.2, 0) is 32.2 Å². The van der Waals surface area contributed by atoms with Crippen LogP contribution in [0.2, 0.25) is 0 Å². The highest BCUT2D eigenvalue weighted by Gasteiger charge is 2.72. The van der Waals surface area contributed by atoms with Crippen LogP contribution in [0, 0.1) is 5.92 Å². The summed E-state index contributed by atoms with van der Waals surface area (Å²) in [4.78, 5) is 44.7. The van der Waals surface area contributed by atoms with E-state index in [1.807, 2.05) is 59.5 Å². The third kappa shape index (κ3) is 3.72. The lowest BCUT2D eigenvalue weighted by molar-refractivity contribution is -0.144. The first kappa shape index (κ1) is 23.7. The van der Waals surface area contributed by atoms with Crippen LogP contribution >= 0.6 is 0 Å². The van der Waals surface area contributed by atoms with Gasteiger partial charge >= 0.3 is 0 Å². The molecular formula is C30H31N3O4. The number of carbonyl (C=O) groups excluding carboxylic acids is 3. The van der Waals surface area contributed by atoms with Crippen LogP contribution < -0.4 is 5.32 Å². The first-order chi connectivity index (χ1) is 18.0. The number of hydrogen-bond donors (Lipinski definition) is 1. The molecular weight excluding hydrogens is 466 g/mol. The van der Waals surface area contributed by atoms with Gasteiger partial charge in [-0.2, -0.15) is 0 Å². The number of likely N-dealkylation sites (tertiary alicyclic amines) is 1. The van der Waals surface area contributed by atoms with Crippen molar-refractivity contribution in [3.63, 3.8) is 0 Å². The lowest BCUT2D eigenvalue weighted by Crippen LogP contribution is -2.61. The van der Waals surface area contributed by atoms with Crippen LogP contribution in [0.1, 0.15) is 30.4 Å². The van der Waals surface area contributed by atoms with Crippen LogP contribution in [0.15, 0.2) is 72.8 Å². The molecule has 4 atom stereocenters. The molecule has 3 aliphatic rings. The Hall–Kier alpha value is -3.71. The molecule has 3 amide bonds. The van der Waals surface area contributed by atoms with Gasteiger partial charge in [-0.15, -0.1) is 0 Å². The van der Waals surface area contributed by atoms with Crippen molar-refractivity contribution in [2.75, 3.05) is 13.7 Å². The fourth-order valence-electron chi connectivity index (χ4n) is 7.07. The van der Waals surface area contributed by atoms with Crippen LogP contribution in [-0.4, -0.2) is 58.9 Å². The molecule has 0 unspecified atom stereocenters. The highest BCUT2D eigenvalue weighted by Crippen LogP contribution is 2.57. The van der Waals surface area contributed by atoms with Crippen LogP contribution in [0.3, 0.4) is 0 Å². The average Bonchev–Trinajstić information content (AvgIpc) is 3.53. The molecule has 1 spiro atoms. The Morgan fingerprint density at radius 3 is 2.59 bits per heavy atom. The molecule has 3 heterocycles. The second-order valence-corrected chi connectivity index (χ2v) is 10.4. The molecule has 3 fully saturated rings. The minimum absolute atomic E-state index is 0.0242. The van der Waals surface area contributed by atoms with E-state index in [9.17, 15) is 14.4 Å². The Morgan fingerprint density at radius 1 is 1.03 bits per heavy atom. The van der Waals surface area contributed by atoms with Crippen molar-refractivity contribution < 1.29 is 19.1 Å². The van der Waals surface area contributed by atoms with Crippen molar-refractivity contribution >= 4 is 28.5 Å². The third-order valence-corrected chi connectivity index (χ3v) is 8.48. The molecule has 3 aromatic rings. The van der Waals surface area contributed by atoms with E-state index in [1.54, 1.807) is 4.90 Å². The Balaban J connectivity index is 1.35. The summed E-state index contributed by atoms with van der Waals surface area (Å²) in [7, 11) is 1.50. The Morgan fingerprint density at radius 2 is 1.78 bits per heavy atom. The number of rotatable bonds is 7. The predicted octanol–water partition coefficient (Wildman–Crippen LogP) is 3.26. The molecule has 6 rings (SSSR count). The van der Waals surface area contributed by atoms with E-state index in [-0.39, 0.29) is 36.3 Å². The molecule has 1 N–H and O–H groups in total. The zero-order chi connectivity index (χ0) is 25.6. The van der Waals surface area contributed by atoms with Crippen LogP contribution in [0.4, 0.5) is 0 Å². The van der Waals surface area contributed by atoms with Crippen molar-refractivity contribution in [1.82, 2.24) is 15.1 Å². The van der Waals surface area contributed by atoms with E-state index >= 15 is 0 Å². The standard InChI is InChI=1S/C30H31N3O4/c1-37-19-26(34)33-23-14-15-30(33)25(16-23)29(36)32(18-20-8-3-2-4-9-20)27(30)28(35)31-17-22-12-7-11-21-10-5-6-13-24(21)22/h2-13,23,25,27H,14-19H2,1H3,(H,31,35)/t23-,25+,27-,30+/m0/s1. The summed E-state index contributed by atoms with van der Waals surface area (Å²) in [5.74, 6) is -0.762. The van der Waals surface area contributed by atoms with Gasteiger partial charge in [0.1, 0.15) is 12.6 Å². The Labute approximate surface area is 216 Å². The summed E-state index contributed by atoms with van der Waals surface area (Å²) in [6.45, 7) is 0.629. The molecule has 0 aromatic heterocycles. The van der Waals surface area contributed by atoms with Crippen molar-refractivity contribution in [3.05, 3.63) is 83.9 Å². The van der Waals surface area contributed by atoms with Gasteiger partial charge in [0.05, 0.1) is 11.5 Å². The number of methoxy groups -OCH3 is 1. The van der Waals surface area contributed by atoms with Crippen molar-refractivity contribution in [1.29, 1.82) is 0 Å². The summed E-state index contributed by atoms with van der Waals surface area (Å²) in [5, 5.41) is 5.35. The second-order valence-electron chi connectivity index (χ2n) is 10.4. The van der Waals surface area contributed by atoms with Gasteiger partial charge < -0.3 is 19.9 Å².